The van der Waals surface area contributed by atoms with Crippen LogP contribution in [-0.2, 0) is 14.3 Å². The molecule has 0 radical (unpaired) electrons. The van der Waals surface area contributed by atoms with Crippen molar-refractivity contribution in [2.45, 2.75) is 19.8 Å². The molecule has 0 saturated heterocycles. The minimum atomic E-state index is -0.624. The Hall–Kier alpha value is -3.09. The number of aromatic nitrogens is 2. The number of hydrogen-bond acceptors (Lipinski definition) is 7. The van der Waals surface area contributed by atoms with Gasteiger partial charge in [-0.25, -0.2) is 14.8 Å². The van der Waals surface area contributed by atoms with E-state index in [1.165, 1.54) is 33.9 Å². The highest BCUT2D eigenvalue weighted by Crippen LogP contribution is 2.35. The largest absolute Gasteiger partial charge is 0.503 e. The zero-order valence-corrected chi connectivity index (χ0v) is 15.5. The molecule has 0 aliphatic carbocycles. The highest BCUT2D eigenvalue weighted by molar-refractivity contribution is 6.17. The molecule has 0 atom stereocenters. The molecule has 0 amide bonds. The van der Waals surface area contributed by atoms with Gasteiger partial charge in [-0.15, -0.1) is 0 Å². The molecule has 0 fully saturated rings. The number of methoxy groups -OCH3 is 3. The van der Waals surface area contributed by atoms with Crippen molar-refractivity contribution in [1.82, 2.24) is 9.97 Å². The maximum Gasteiger partial charge on any atom is 0.342 e. The van der Waals surface area contributed by atoms with Gasteiger partial charge in [0, 0.05) is 0 Å². The van der Waals surface area contributed by atoms with Gasteiger partial charge in [-0.1, -0.05) is 26.0 Å². The first-order chi connectivity index (χ1) is 12.5. The lowest BCUT2D eigenvalue weighted by molar-refractivity contribution is -0.133. The van der Waals surface area contributed by atoms with Crippen molar-refractivity contribution in [1.29, 1.82) is 0 Å². The van der Waals surface area contributed by atoms with Crippen LogP contribution in [0.3, 0.4) is 0 Å². The van der Waals surface area contributed by atoms with E-state index in [2.05, 4.69) is 23.8 Å². The van der Waals surface area contributed by atoms with Gasteiger partial charge in [0.15, 0.2) is 0 Å². The molecule has 1 heterocycles. The fourth-order valence-electron chi connectivity index (χ4n) is 2.30. The predicted molar refractivity (Wildman–Crippen MR) is 96.2 cm³/mol. The zero-order chi connectivity index (χ0) is 19.1. The fraction of sp³-hybridized carbons (Fsp3) is 0.316. The first-order valence-electron chi connectivity index (χ1n) is 8.00. The maximum atomic E-state index is 12.2. The average Bonchev–Trinajstić information content (AvgIpc) is 2.65. The summed E-state index contributed by atoms with van der Waals surface area (Å²) >= 11 is 0. The first-order valence-corrected chi connectivity index (χ1v) is 8.00. The van der Waals surface area contributed by atoms with Crippen molar-refractivity contribution >= 4 is 11.5 Å². The van der Waals surface area contributed by atoms with Crippen LogP contribution >= 0.6 is 0 Å². The molecule has 7 heteroatoms. The minimum absolute atomic E-state index is 0.0856. The van der Waals surface area contributed by atoms with Gasteiger partial charge in [0.1, 0.15) is 23.2 Å². The molecule has 138 valence electrons. The summed E-state index contributed by atoms with van der Waals surface area (Å²) in [5.74, 6) is 0.632. The molecule has 2 aromatic rings. The van der Waals surface area contributed by atoms with E-state index in [0.717, 1.165) is 5.56 Å². The third-order valence-electron chi connectivity index (χ3n) is 3.62. The Morgan fingerprint density at radius 2 is 1.85 bits per heavy atom. The van der Waals surface area contributed by atoms with E-state index in [0.29, 0.717) is 11.7 Å². The average molecular weight is 358 g/mol. The van der Waals surface area contributed by atoms with Crippen molar-refractivity contribution in [3.05, 3.63) is 48.0 Å². The van der Waals surface area contributed by atoms with Crippen LogP contribution in [0.1, 0.15) is 30.9 Å². The van der Waals surface area contributed by atoms with Crippen molar-refractivity contribution in [3.8, 4) is 17.5 Å². The lowest BCUT2D eigenvalue weighted by atomic mass is 10.0. The second-order valence-electron chi connectivity index (χ2n) is 5.65. The monoisotopic (exact) mass is 358 g/mol. The Morgan fingerprint density at radius 3 is 2.46 bits per heavy atom. The van der Waals surface area contributed by atoms with E-state index < -0.39 is 5.97 Å². The van der Waals surface area contributed by atoms with Gasteiger partial charge < -0.3 is 18.9 Å². The minimum Gasteiger partial charge on any atom is -0.503 e. The van der Waals surface area contributed by atoms with E-state index in [9.17, 15) is 4.79 Å². The van der Waals surface area contributed by atoms with Gasteiger partial charge in [-0.05, 0) is 23.6 Å². The van der Waals surface area contributed by atoms with Crippen molar-refractivity contribution in [3.63, 3.8) is 0 Å². The Kier molecular flexibility index (Phi) is 6.54. The molecule has 0 aliphatic rings. The second kappa shape index (κ2) is 8.84. The molecule has 7 nitrogen and oxygen atoms in total. The van der Waals surface area contributed by atoms with Crippen LogP contribution < -0.4 is 9.47 Å². The Bertz CT molecular complexity index is 802. The summed E-state index contributed by atoms with van der Waals surface area (Å²) in [4.78, 5) is 20.4. The van der Waals surface area contributed by atoms with Crippen LogP contribution in [0.15, 0.2) is 36.9 Å². The Balaban J connectivity index is 2.54. The summed E-state index contributed by atoms with van der Waals surface area (Å²) in [5, 5.41) is 0. The summed E-state index contributed by atoms with van der Waals surface area (Å²) in [6, 6.07) is 7.64. The number of esters is 1. The van der Waals surface area contributed by atoms with Gasteiger partial charge in [-0.3, -0.25) is 0 Å². The lowest BCUT2D eigenvalue weighted by Crippen LogP contribution is -2.09. The quantitative estimate of drug-likeness (QED) is 0.425. The molecule has 1 aromatic heterocycles. The van der Waals surface area contributed by atoms with Gasteiger partial charge in [0.2, 0.25) is 11.8 Å². The number of hydrogen-bond donors (Lipinski definition) is 0. The zero-order valence-electron chi connectivity index (χ0n) is 15.5. The number of benzene rings is 1. The normalized spacial score (nSPS) is 11.2. The molecule has 0 N–H and O–H groups in total. The van der Waals surface area contributed by atoms with Crippen molar-refractivity contribution in [2.24, 2.45) is 0 Å². The van der Waals surface area contributed by atoms with Gasteiger partial charge in [0.05, 0.1) is 27.6 Å². The number of carbonyl (C=O) groups is 1. The highest BCUT2D eigenvalue weighted by Gasteiger charge is 2.25. The van der Waals surface area contributed by atoms with Gasteiger partial charge >= 0.3 is 5.97 Å². The fourth-order valence-corrected chi connectivity index (χ4v) is 2.30. The summed E-state index contributed by atoms with van der Waals surface area (Å²) in [7, 11) is 4.14. The molecule has 1 aromatic carbocycles. The summed E-state index contributed by atoms with van der Waals surface area (Å²) < 4.78 is 21.0. The molecule has 0 unspecified atom stereocenters. The third-order valence-corrected chi connectivity index (χ3v) is 3.62. The van der Waals surface area contributed by atoms with Gasteiger partial charge in [0.25, 0.3) is 0 Å². The third kappa shape index (κ3) is 4.30. The van der Waals surface area contributed by atoms with E-state index in [-0.39, 0.29) is 22.9 Å². The molecular formula is C19H22N2O5. The number of rotatable bonds is 7. The maximum absolute atomic E-state index is 12.2. The van der Waals surface area contributed by atoms with Crippen LogP contribution in [0.5, 0.6) is 17.5 Å². The van der Waals surface area contributed by atoms with E-state index >= 15 is 0 Å². The number of carbonyl (C=O) groups excluding carboxylic acids is 1. The summed E-state index contributed by atoms with van der Waals surface area (Å²) in [5.41, 5.74) is 1.45. The Labute approximate surface area is 152 Å². The summed E-state index contributed by atoms with van der Waals surface area (Å²) in [6.45, 7) is 4.18. The van der Waals surface area contributed by atoms with Crippen LogP contribution in [0, 0.1) is 0 Å². The van der Waals surface area contributed by atoms with Crippen molar-refractivity contribution < 1.29 is 23.7 Å². The second-order valence-corrected chi connectivity index (χ2v) is 5.65. The van der Waals surface area contributed by atoms with E-state index in [1.807, 2.05) is 24.3 Å². The lowest BCUT2D eigenvalue weighted by Gasteiger charge is -2.14. The van der Waals surface area contributed by atoms with E-state index in [1.54, 1.807) is 0 Å². The van der Waals surface area contributed by atoms with Crippen LogP contribution in [0.25, 0.3) is 5.57 Å². The molecule has 0 aliphatic heterocycles. The van der Waals surface area contributed by atoms with Crippen LogP contribution in [0.2, 0.25) is 0 Å². The van der Waals surface area contributed by atoms with Crippen LogP contribution in [0.4, 0.5) is 0 Å². The van der Waals surface area contributed by atoms with Crippen molar-refractivity contribution in [2.75, 3.05) is 21.3 Å². The standard InChI is InChI=1S/C19H22N2O5/c1-12(2)13-7-6-8-14(9-13)26-18-16(17(24-4)20-11-21-18)15(10-23-3)19(22)25-5/h6-12H,1-5H3. The van der Waals surface area contributed by atoms with E-state index in [4.69, 9.17) is 18.9 Å². The Morgan fingerprint density at radius 1 is 1.12 bits per heavy atom. The topological polar surface area (TPSA) is 79.8 Å². The summed E-state index contributed by atoms with van der Waals surface area (Å²) in [6.07, 6.45) is 2.54. The molecule has 26 heavy (non-hydrogen) atoms. The SMILES string of the molecule is COC=C(C(=O)OC)c1c(OC)ncnc1Oc1cccc(C(C)C)c1. The smallest absolute Gasteiger partial charge is 0.342 e. The van der Waals surface area contributed by atoms with Crippen LogP contribution in [-0.4, -0.2) is 37.3 Å². The molecule has 0 bridgehead atoms. The number of nitrogens with zero attached hydrogens (tertiary/aromatic N) is 2. The molecule has 2 rings (SSSR count). The molecule has 0 saturated carbocycles. The first kappa shape index (κ1) is 19.2. The molecular weight excluding hydrogens is 336 g/mol. The van der Waals surface area contributed by atoms with Gasteiger partial charge in [-0.2, -0.15) is 0 Å². The highest BCUT2D eigenvalue weighted by atomic mass is 16.5. The number of ether oxygens (including phenoxy) is 4. The predicted octanol–water partition coefficient (Wildman–Crippen LogP) is 3.56. The molecule has 0 spiro atoms.